The van der Waals surface area contributed by atoms with Gasteiger partial charge in [0.2, 0.25) is 0 Å². The molecular weight excluding hydrogens is 520 g/mol. The Morgan fingerprint density at radius 2 is 1.83 bits per heavy atom. The van der Waals surface area contributed by atoms with Gasteiger partial charge < -0.3 is 14.6 Å². The molecule has 5 heteroatoms. The van der Waals surface area contributed by atoms with E-state index in [1.807, 2.05) is 0 Å². The van der Waals surface area contributed by atoms with Crippen LogP contribution in [-0.2, 0) is 18.3 Å². The van der Waals surface area contributed by atoms with Crippen LogP contribution in [0.5, 0.6) is 11.5 Å². The molecule has 5 atom stereocenters. The Hall–Kier alpha value is -2.08. The maximum Gasteiger partial charge on any atom is 0.165 e. The number of methoxy groups -OCH3 is 1. The summed E-state index contributed by atoms with van der Waals surface area (Å²) in [6.07, 6.45) is 12.7. The molecule has 2 aromatic carbocycles. The molecule has 42 heavy (non-hydrogen) atoms. The molecule has 0 aromatic heterocycles. The van der Waals surface area contributed by atoms with E-state index in [9.17, 15) is 5.11 Å². The van der Waals surface area contributed by atoms with E-state index in [0.717, 1.165) is 69.3 Å². The van der Waals surface area contributed by atoms with E-state index in [1.165, 1.54) is 61.6 Å². The minimum absolute atomic E-state index is 0.0241. The van der Waals surface area contributed by atoms with E-state index in [0.29, 0.717) is 12.0 Å². The third-order valence-corrected chi connectivity index (χ3v) is 11.5. The molecule has 2 aliphatic heterocycles. The second-order valence-corrected chi connectivity index (χ2v) is 14.6. The fourth-order valence-corrected chi connectivity index (χ4v) is 9.48. The molecular formula is C37H52N2O3. The van der Waals surface area contributed by atoms with E-state index in [1.54, 1.807) is 7.11 Å². The van der Waals surface area contributed by atoms with Crippen LogP contribution >= 0.6 is 0 Å². The molecule has 228 valence electrons. The molecule has 5 nitrogen and oxygen atoms in total. The molecule has 0 amide bonds. The first-order valence-electron chi connectivity index (χ1n) is 17.1. The van der Waals surface area contributed by atoms with Gasteiger partial charge in [-0.1, -0.05) is 63.1 Å². The molecule has 2 aromatic rings. The lowest BCUT2D eigenvalue weighted by Crippen LogP contribution is -2.78. The van der Waals surface area contributed by atoms with E-state index in [4.69, 9.17) is 9.47 Å². The summed E-state index contributed by atoms with van der Waals surface area (Å²) in [6.45, 7) is 9.12. The second kappa shape index (κ2) is 11.4. The van der Waals surface area contributed by atoms with Crippen molar-refractivity contribution in [3.05, 3.63) is 59.2 Å². The van der Waals surface area contributed by atoms with Crippen LogP contribution in [0.15, 0.2) is 42.5 Å². The van der Waals surface area contributed by atoms with Crippen molar-refractivity contribution in [3.63, 3.8) is 0 Å². The van der Waals surface area contributed by atoms with Crippen molar-refractivity contribution >= 4 is 0 Å². The zero-order chi connectivity index (χ0) is 28.9. The van der Waals surface area contributed by atoms with Crippen LogP contribution in [0.25, 0.3) is 0 Å². The molecule has 7 rings (SSSR count). The Morgan fingerprint density at radius 3 is 2.60 bits per heavy atom. The fraction of sp³-hybridized carbons (Fsp3) is 0.676. The third-order valence-electron chi connectivity index (χ3n) is 11.5. The maximum absolute atomic E-state index is 12.9. The van der Waals surface area contributed by atoms with Crippen LogP contribution < -0.4 is 9.47 Å². The summed E-state index contributed by atoms with van der Waals surface area (Å²) in [5.74, 6) is 3.20. The van der Waals surface area contributed by atoms with E-state index >= 15 is 0 Å². The van der Waals surface area contributed by atoms with E-state index < -0.39 is 5.60 Å². The number of hydrogen-bond donors (Lipinski definition) is 1. The fourth-order valence-electron chi connectivity index (χ4n) is 9.48. The number of likely N-dealkylation sites (tertiary alicyclic amines) is 1. The predicted molar refractivity (Wildman–Crippen MR) is 168 cm³/mol. The molecule has 1 N–H and O–H groups in total. The van der Waals surface area contributed by atoms with E-state index in [2.05, 4.69) is 66.1 Å². The lowest BCUT2D eigenvalue weighted by molar-refractivity contribution is -0.201. The smallest absolute Gasteiger partial charge is 0.165 e. The molecule has 3 fully saturated rings. The summed E-state index contributed by atoms with van der Waals surface area (Å²) in [5, 5.41) is 12.9. The minimum atomic E-state index is -0.743. The standard InChI is InChI=1S/C37H52N2O3/c1-26(2)24-38(21-10-5-4-7-11-27-12-8-6-9-13-27)30-18-19-37(40)32-23-29-16-17-31(41-3)34-33(29)36(37,35(30)42-34)20-22-39(32)25-28-14-15-28/h6,8-9,12-13,16-17,26,28,30,32,35,40H,4-5,7,10-11,14-15,18-25H2,1-3H3/t30-,32-,35+,36+,37-/m1/s1. The van der Waals surface area contributed by atoms with Gasteiger partial charge in [0.05, 0.1) is 18.1 Å². The molecule has 5 aliphatic rings. The summed E-state index contributed by atoms with van der Waals surface area (Å²) in [6, 6.07) is 15.8. The average Bonchev–Trinajstić information content (AvgIpc) is 3.73. The molecule has 1 spiro atoms. The zero-order valence-electron chi connectivity index (χ0n) is 26.2. The highest BCUT2D eigenvalue weighted by atomic mass is 16.5. The van der Waals surface area contributed by atoms with Crippen molar-refractivity contribution in [1.82, 2.24) is 9.80 Å². The Bertz CT molecular complexity index is 1250. The van der Waals surface area contributed by atoms with Crippen molar-refractivity contribution in [2.24, 2.45) is 11.8 Å². The number of rotatable bonds is 13. The third kappa shape index (κ3) is 4.79. The van der Waals surface area contributed by atoms with Crippen molar-refractivity contribution in [1.29, 1.82) is 0 Å². The van der Waals surface area contributed by atoms with Crippen molar-refractivity contribution < 1.29 is 14.6 Å². The molecule has 1 saturated heterocycles. The highest BCUT2D eigenvalue weighted by Gasteiger charge is 2.73. The highest BCUT2D eigenvalue weighted by Crippen LogP contribution is 2.66. The predicted octanol–water partition coefficient (Wildman–Crippen LogP) is 6.39. The first-order chi connectivity index (χ1) is 20.4. The van der Waals surface area contributed by atoms with E-state index in [-0.39, 0.29) is 17.6 Å². The highest BCUT2D eigenvalue weighted by molar-refractivity contribution is 5.63. The van der Waals surface area contributed by atoms with Gasteiger partial charge in [0.25, 0.3) is 0 Å². The molecule has 2 heterocycles. The molecule has 0 radical (unpaired) electrons. The maximum atomic E-state index is 12.9. The van der Waals surface area contributed by atoms with Gasteiger partial charge in [-0.2, -0.15) is 0 Å². The summed E-state index contributed by atoms with van der Waals surface area (Å²) < 4.78 is 13.0. The second-order valence-electron chi connectivity index (χ2n) is 14.6. The zero-order valence-corrected chi connectivity index (χ0v) is 26.2. The Balaban J connectivity index is 1.13. The Kier molecular flexibility index (Phi) is 7.82. The molecule has 2 bridgehead atoms. The van der Waals surface area contributed by atoms with Crippen molar-refractivity contribution in [3.8, 4) is 11.5 Å². The van der Waals surface area contributed by atoms with Crippen LogP contribution in [0.1, 0.15) is 88.3 Å². The lowest BCUT2D eigenvalue weighted by Gasteiger charge is -2.65. The van der Waals surface area contributed by atoms with Gasteiger partial charge in [-0.15, -0.1) is 0 Å². The van der Waals surface area contributed by atoms with Crippen LogP contribution in [0, 0.1) is 11.8 Å². The van der Waals surface area contributed by atoms with Crippen molar-refractivity contribution in [2.45, 2.75) is 114 Å². The Labute approximate surface area is 253 Å². The van der Waals surface area contributed by atoms with Gasteiger partial charge in [0.1, 0.15) is 6.10 Å². The first kappa shape index (κ1) is 28.7. The number of aryl methyl sites for hydroxylation is 1. The number of piperidine rings is 1. The van der Waals surface area contributed by atoms with Gasteiger partial charge in [-0.05, 0) is 99.9 Å². The summed E-state index contributed by atoms with van der Waals surface area (Å²) in [5.41, 5.74) is 3.05. The Morgan fingerprint density at radius 1 is 1.02 bits per heavy atom. The lowest BCUT2D eigenvalue weighted by atomic mass is 9.48. The average molecular weight is 573 g/mol. The number of nitrogens with zero attached hydrogens (tertiary/aromatic N) is 2. The number of hydrogen-bond acceptors (Lipinski definition) is 5. The topological polar surface area (TPSA) is 45.2 Å². The normalized spacial score (nSPS) is 31.3. The van der Waals surface area contributed by atoms with Crippen LogP contribution in [0.4, 0.5) is 0 Å². The number of unbranched alkanes of at least 4 members (excludes halogenated alkanes) is 3. The van der Waals surface area contributed by atoms with Crippen molar-refractivity contribution in [2.75, 3.05) is 33.3 Å². The largest absolute Gasteiger partial charge is 0.493 e. The molecule has 3 aliphatic carbocycles. The monoisotopic (exact) mass is 572 g/mol. The summed E-state index contributed by atoms with van der Waals surface area (Å²) in [4.78, 5) is 5.44. The van der Waals surface area contributed by atoms with Crippen LogP contribution in [0.2, 0.25) is 0 Å². The van der Waals surface area contributed by atoms with Gasteiger partial charge >= 0.3 is 0 Å². The number of ether oxygens (including phenoxy) is 2. The van der Waals surface area contributed by atoms with Gasteiger partial charge in [0.15, 0.2) is 11.5 Å². The van der Waals surface area contributed by atoms with Crippen LogP contribution in [-0.4, -0.2) is 72.0 Å². The number of benzene rings is 2. The number of aliphatic hydroxyl groups is 1. The summed E-state index contributed by atoms with van der Waals surface area (Å²) >= 11 is 0. The van der Waals surface area contributed by atoms with Gasteiger partial charge in [-0.3, -0.25) is 9.80 Å². The van der Waals surface area contributed by atoms with Crippen LogP contribution in [0.3, 0.4) is 0 Å². The minimum Gasteiger partial charge on any atom is -0.493 e. The SMILES string of the molecule is COc1ccc2c3c1O[C@H]1[C@H](N(CCCCCCc4ccccc4)CC(C)C)CC[C@@]4(O)[C@@H](C2)N(CC2CC2)CC[C@]314. The molecule has 0 unspecified atom stereocenters. The van der Waals surface area contributed by atoms with Gasteiger partial charge in [0, 0.05) is 30.7 Å². The summed E-state index contributed by atoms with van der Waals surface area (Å²) in [7, 11) is 1.76. The van der Waals surface area contributed by atoms with Gasteiger partial charge in [-0.25, -0.2) is 0 Å². The first-order valence-corrected chi connectivity index (χ1v) is 17.1. The quantitative estimate of drug-likeness (QED) is 0.282. The molecule has 2 saturated carbocycles.